The summed E-state index contributed by atoms with van der Waals surface area (Å²) in [5.41, 5.74) is 0. The van der Waals surface area contributed by atoms with E-state index in [0.29, 0.717) is 19.7 Å². The number of nitrogens with zero attached hydrogens (tertiary/aromatic N) is 1. The molecule has 1 aliphatic heterocycles. The van der Waals surface area contributed by atoms with Crippen molar-refractivity contribution in [1.82, 2.24) is 4.90 Å². The molecule has 0 spiro atoms. The summed E-state index contributed by atoms with van der Waals surface area (Å²) in [7, 11) is 0. The van der Waals surface area contributed by atoms with Crippen LogP contribution in [-0.2, 0) is 9.53 Å². The fraction of sp³-hybridized carbons (Fsp3) is 0.889. The Bertz CT molecular complexity index is 238. The molecular weight excluding hydrogens is 272 g/mol. The second kappa shape index (κ2) is 5.21. The number of ether oxygens (including phenoxy) is 1. The lowest BCUT2D eigenvalue weighted by Gasteiger charge is -2.21. The minimum Gasteiger partial charge on any atom is -0.466 e. The quantitative estimate of drug-likeness (QED) is 0.450. The van der Waals surface area contributed by atoms with Crippen LogP contribution in [0.2, 0.25) is 0 Å². The third kappa shape index (κ3) is 3.38. The van der Waals surface area contributed by atoms with Gasteiger partial charge in [0, 0.05) is 19.5 Å². The van der Waals surface area contributed by atoms with Crippen LogP contribution in [0.15, 0.2) is 0 Å². The molecule has 0 aromatic carbocycles. The van der Waals surface area contributed by atoms with Gasteiger partial charge in [0.15, 0.2) is 0 Å². The molecular formula is C9H14BrF2NO2. The molecule has 1 unspecified atom stereocenters. The Balaban J connectivity index is 2.32. The summed E-state index contributed by atoms with van der Waals surface area (Å²) >= 11 is 2.94. The zero-order chi connectivity index (χ0) is 11.5. The number of carbonyl (C=O) groups is 1. The molecule has 1 rings (SSSR count). The normalized spacial score (nSPS) is 25.5. The maximum absolute atomic E-state index is 13.1. The fourth-order valence-electron chi connectivity index (χ4n) is 1.49. The van der Waals surface area contributed by atoms with E-state index in [2.05, 4.69) is 15.9 Å². The van der Waals surface area contributed by atoms with Crippen molar-refractivity contribution in [2.75, 3.05) is 19.7 Å². The Morgan fingerprint density at radius 2 is 2.33 bits per heavy atom. The average Bonchev–Trinajstić information content (AvgIpc) is 2.41. The lowest BCUT2D eigenvalue weighted by molar-refractivity contribution is -0.143. The summed E-state index contributed by atoms with van der Waals surface area (Å²) in [6, 6.07) is 0. The average molecular weight is 286 g/mol. The molecule has 1 atom stereocenters. The topological polar surface area (TPSA) is 29.5 Å². The smallest absolute Gasteiger partial charge is 0.307 e. The van der Waals surface area contributed by atoms with E-state index in [9.17, 15) is 13.6 Å². The van der Waals surface area contributed by atoms with Gasteiger partial charge in [0.25, 0.3) is 5.92 Å². The van der Waals surface area contributed by atoms with Gasteiger partial charge in [-0.15, -0.1) is 0 Å². The lowest BCUT2D eigenvalue weighted by atomic mass is 10.3. The maximum Gasteiger partial charge on any atom is 0.307 e. The predicted octanol–water partition coefficient (Wildman–Crippen LogP) is 2.00. The van der Waals surface area contributed by atoms with Gasteiger partial charge in [0.2, 0.25) is 0 Å². The first-order chi connectivity index (χ1) is 6.97. The third-order valence-electron chi connectivity index (χ3n) is 2.31. The molecule has 15 heavy (non-hydrogen) atoms. The number of halogens is 3. The van der Waals surface area contributed by atoms with Crippen molar-refractivity contribution in [1.29, 1.82) is 0 Å². The Kier molecular flexibility index (Phi) is 4.45. The van der Waals surface area contributed by atoms with Crippen LogP contribution < -0.4 is 0 Å². The molecule has 0 aromatic heterocycles. The maximum atomic E-state index is 13.1. The SMILES string of the molecule is CCOC(=O)CCN1CCC(F)(F)C1Br. The van der Waals surface area contributed by atoms with E-state index in [1.54, 1.807) is 11.8 Å². The molecule has 0 amide bonds. The van der Waals surface area contributed by atoms with Crippen LogP contribution in [0.1, 0.15) is 19.8 Å². The van der Waals surface area contributed by atoms with Gasteiger partial charge in [-0.3, -0.25) is 9.69 Å². The van der Waals surface area contributed by atoms with E-state index in [1.165, 1.54) is 0 Å². The van der Waals surface area contributed by atoms with Gasteiger partial charge in [0.05, 0.1) is 13.0 Å². The number of hydrogen-bond acceptors (Lipinski definition) is 3. The van der Waals surface area contributed by atoms with Crippen molar-refractivity contribution in [3.63, 3.8) is 0 Å². The van der Waals surface area contributed by atoms with Crippen molar-refractivity contribution in [3.8, 4) is 0 Å². The summed E-state index contributed by atoms with van der Waals surface area (Å²) in [6.45, 7) is 2.66. The van der Waals surface area contributed by atoms with E-state index >= 15 is 0 Å². The van der Waals surface area contributed by atoms with Crippen LogP contribution in [0.3, 0.4) is 0 Å². The Morgan fingerprint density at radius 3 is 2.80 bits per heavy atom. The molecule has 1 aliphatic rings. The first-order valence-electron chi connectivity index (χ1n) is 4.89. The minimum absolute atomic E-state index is 0.159. The first kappa shape index (κ1) is 12.8. The van der Waals surface area contributed by atoms with Gasteiger partial charge in [-0.1, -0.05) is 15.9 Å². The Labute approximate surface area is 95.9 Å². The van der Waals surface area contributed by atoms with Crippen LogP contribution in [0.5, 0.6) is 0 Å². The van der Waals surface area contributed by atoms with Crippen LogP contribution in [0.25, 0.3) is 0 Å². The van der Waals surface area contributed by atoms with E-state index in [0.717, 1.165) is 0 Å². The molecule has 0 bridgehead atoms. The molecule has 3 nitrogen and oxygen atoms in total. The second-order valence-electron chi connectivity index (χ2n) is 3.44. The van der Waals surface area contributed by atoms with Gasteiger partial charge >= 0.3 is 5.97 Å². The van der Waals surface area contributed by atoms with Gasteiger partial charge in [-0.2, -0.15) is 0 Å². The third-order valence-corrected chi connectivity index (χ3v) is 3.56. The minimum atomic E-state index is -2.70. The number of rotatable bonds is 4. The largest absolute Gasteiger partial charge is 0.466 e. The number of likely N-dealkylation sites (tertiary alicyclic amines) is 1. The lowest BCUT2D eigenvalue weighted by Crippen LogP contribution is -2.35. The van der Waals surface area contributed by atoms with E-state index in [1.807, 2.05) is 0 Å². The summed E-state index contributed by atoms with van der Waals surface area (Å²) in [4.78, 5) is 11.6. The number of carbonyl (C=O) groups excluding carboxylic acids is 1. The molecule has 0 saturated carbocycles. The molecule has 0 aromatic rings. The molecule has 88 valence electrons. The van der Waals surface area contributed by atoms with Crippen LogP contribution in [0.4, 0.5) is 8.78 Å². The molecule has 1 saturated heterocycles. The summed E-state index contributed by atoms with van der Waals surface area (Å²) < 4.78 is 30.8. The molecule has 0 N–H and O–H groups in total. The number of hydrogen-bond donors (Lipinski definition) is 0. The zero-order valence-corrected chi connectivity index (χ0v) is 10.1. The second-order valence-corrected chi connectivity index (χ2v) is 4.31. The van der Waals surface area contributed by atoms with E-state index in [-0.39, 0.29) is 18.8 Å². The molecule has 0 radical (unpaired) electrons. The van der Waals surface area contributed by atoms with Gasteiger partial charge in [0.1, 0.15) is 4.95 Å². The zero-order valence-electron chi connectivity index (χ0n) is 8.51. The Hall–Kier alpha value is -0.230. The standard InChI is InChI=1S/C9H14BrF2NO2/c1-2-15-7(14)3-5-13-6-4-9(11,12)8(13)10/h8H,2-6H2,1H3. The van der Waals surface area contributed by atoms with Crippen molar-refractivity contribution >= 4 is 21.9 Å². The molecule has 6 heteroatoms. The molecule has 1 heterocycles. The fourth-order valence-corrected chi connectivity index (χ4v) is 2.12. The van der Waals surface area contributed by atoms with Crippen molar-refractivity contribution < 1.29 is 18.3 Å². The summed E-state index contributed by atoms with van der Waals surface area (Å²) in [5, 5.41) is 0. The van der Waals surface area contributed by atoms with Gasteiger partial charge in [-0.05, 0) is 6.92 Å². The monoisotopic (exact) mass is 285 g/mol. The number of alkyl halides is 3. The highest BCUT2D eigenvalue weighted by molar-refractivity contribution is 9.09. The van der Waals surface area contributed by atoms with Crippen molar-refractivity contribution in [2.24, 2.45) is 0 Å². The van der Waals surface area contributed by atoms with Crippen LogP contribution in [0, 0.1) is 0 Å². The summed E-state index contributed by atoms with van der Waals surface area (Å²) in [6.07, 6.45) is -0.00222. The first-order valence-corrected chi connectivity index (χ1v) is 5.80. The summed E-state index contributed by atoms with van der Waals surface area (Å²) in [5.74, 6) is -3.04. The van der Waals surface area contributed by atoms with Gasteiger partial charge < -0.3 is 4.74 Å². The highest BCUT2D eigenvalue weighted by Gasteiger charge is 2.47. The highest BCUT2D eigenvalue weighted by Crippen LogP contribution is 2.37. The van der Waals surface area contributed by atoms with Crippen LogP contribution in [-0.4, -0.2) is 41.4 Å². The molecule has 1 fully saturated rings. The van der Waals surface area contributed by atoms with Crippen molar-refractivity contribution in [3.05, 3.63) is 0 Å². The molecule has 0 aliphatic carbocycles. The highest BCUT2D eigenvalue weighted by atomic mass is 79.9. The Morgan fingerprint density at radius 1 is 1.67 bits per heavy atom. The predicted molar refractivity (Wildman–Crippen MR) is 55.1 cm³/mol. The van der Waals surface area contributed by atoms with Crippen LogP contribution >= 0.6 is 15.9 Å². The number of esters is 1. The van der Waals surface area contributed by atoms with Crippen molar-refractivity contribution in [2.45, 2.75) is 30.6 Å². The van der Waals surface area contributed by atoms with Gasteiger partial charge in [-0.25, -0.2) is 8.78 Å². The van der Waals surface area contributed by atoms with E-state index < -0.39 is 10.9 Å². The van der Waals surface area contributed by atoms with E-state index in [4.69, 9.17) is 4.74 Å².